The summed E-state index contributed by atoms with van der Waals surface area (Å²) < 4.78 is 48.6. The van der Waals surface area contributed by atoms with E-state index in [0.717, 1.165) is 66.8 Å². The van der Waals surface area contributed by atoms with Crippen LogP contribution in [0.4, 0.5) is 0 Å². The topological polar surface area (TPSA) is 223 Å². The van der Waals surface area contributed by atoms with Crippen molar-refractivity contribution in [3.8, 4) is 23.0 Å². The Labute approximate surface area is 445 Å². The lowest BCUT2D eigenvalue weighted by molar-refractivity contribution is -0.140. The molecule has 408 valence electrons. The number of aryl methyl sites for hydroxylation is 4. The number of benzene rings is 4. The largest absolute Gasteiger partial charge is 0.489 e. The molecular formula is C60H72O16. The molecule has 0 amide bonds. The zero-order valence-corrected chi connectivity index (χ0v) is 44.3. The highest BCUT2D eigenvalue weighted by molar-refractivity contribution is 5.89. The van der Waals surface area contributed by atoms with E-state index < -0.39 is 23.9 Å². The summed E-state index contributed by atoms with van der Waals surface area (Å²) in [5, 5.41) is 37.5. The van der Waals surface area contributed by atoms with Gasteiger partial charge in [0.2, 0.25) is 0 Å². The molecule has 0 spiro atoms. The van der Waals surface area contributed by atoms with E-state index in [1.165, 1.54) is 0 Å². The van der Waals surface area contributed by atoms with E-state index in [2.05, 4.69) is 26.3 Å². The standard InChI is InChI=1S/C60H72O16/c1-37-25-45-33-47-27-38(2)29-49(54(47)70-18-22-74-58(66)42(6)10-14-62)35-51-31-40(4)32-52(56(51)72-20-24-76-60(68)44(8)12-16-64)36-50-30-39(3)28-48(55(50)71-19-23-75-59(67)43(7)11-15-63)34-46(26-37)53(45)69-17-21-73-57(65)41(5)9-13-61/h25-32,61-64H,5-24,33-36H2,1-4H3. The van der Waals surface area contributed by atoms with E-state index in [9.17, 15) is 39.6 Å². The molecule has 5 rings (SSSR count). The summed E-state index contributed by atoms with van der Waals surface area (Å²) in [6.45, 7) is 21.3. The Morgan fingerprint density at radius 1 is 0.342 bits per heavy atom. The van der Waals surface area contributed by atoms with Gasteiger partial charge in [-0.05, 0) is 72.2 Å². The first kappa shape index (κ1) is 59.6. The lowest BCUT2D eigenvalue weighted by Crippen LogP contribution is -2.17. The van der Waals surface area contributed by atoms with Gasteiger partial charge in [0.05, 0.1) is 0 Å². The maximum absolute atomic E-state index is 12.7. The average molecular weight is 1050 g/mol. The molecule has 0 unspecified atom stereocenters. The third-order valence-electron chi connectivity index (χ3n) is 12.1. The number of aliphatic hydroxyl groups is 4. The third-order valence-corrected chi connectivity index (χ3v) is 12.1. The summed E-state index contributed by atoms with van der Waals surface area (Å²) in [5.74, 6) is -0.420. The molecule has 4 aromatic carbocycles. The molecule has 0 aromatic heterocycles. The van der Waals surface area contributed by atoms with Crippen molar-refractivity contribution in [1.82, 2.24) is 0 Å². The van der Waals surface area contributed by atoms with Crippen LogP contribution in [0.5, 0.6) is 23.0 Å². The molecule has 0 heterocycles. The number of hydrogen-bond donors (Lipinski definition) is 4. The molecule has 8 bridgehead atoms. The average Bonchev–Trinajstić information content (AvgIpc) is 3.37. The predicted molar refractivity (Wildman–Crippen MR) is 285 cm³/mol. The van der Waals surface area contributed by atoms with E-state index in [-0.39, 0.29) is 127 Å². The van der Waals surface area contributed by atoms with Crippen LogP contribution in [0.3, 0.4) is 0 Å². The molecule has 16 heteroatoms. The minimum absolute atomic E-state index is 0.0285. The first-order chi connectivity index (χ1) is 36.5. The molecule has 0 saturated heterocycles. The van der Waals surface area contributed by atoms with Crippen LogP contribution in [0, 0.1) is 27.7 Å². The van der Waals surface area contributed by atoms with Crippen LogP contribution in [0.25, 0.3) is 0 Å². The van der Waals surface area contributed by atoms with Crippen molar-refractivity contribution in [1.29, 1.82) is 0 Å². The van der Waals surface area contributed by atoms with Gasteiger partial charge < -0.3 is 58.3 Å². The summed E-state index contributed by atoms with van der Waals surface area (Å²) in [5.41, 5.74) is 10.5. The van der Waals surface area contributed by atoms with Gasteiger partial charge in [-0.1, -0.05) is 97.1 Å². The van der Waals surface area contributed by atoms with Crippen LogP contribution in [0.1, 0.15) is 92.4 Å². The Kier molecular flexibility index (Phi) is 23.3. The quantitative estimate of drug-likeness (QED) is 0.0171. The maximum atomic E-state index is 12.7. The van der Waals surface area contributed by atoms with E-state index in [1.807, 2.05) is 76.2 Å². The second-order valence-corrected chi connectivity index (χ2v) is 18.6. The zero-order chi connectivity index (χ0) is 55.3. The molecule has 4 aromatic rings. The fourth-order valence-electron chi connectivity index (χ4n) is 8.80. The van der Waals surface area contributed by atoms with Crippen molar-refractivity contribution in [3.63, 3.8) is 0 Å². The van der Waals surface area contributed by atoms with Gasteiger partial charge in [-0.3, -0.25) is 0 Å². The predicted octanol–water partition coefficient (Wildman–Crippen LogP) is 7.04. The van der Waals surface area contributed by atoms with Crippen molar-refractivity contribution in [2.45, 2.75) is 79.1 Å². The number of fused-ring (bicyclic) bond motifs is 8. The lowest BCUT2D eigenvalue weighted by atomic mass is 9.88. The Bertz CT molecular complexity index is 2300. The Balaban J connectivity index is 1.70. The number of hydrogen-bond acceptors (Lipinski definition) is 16. The van der Waals surface area contributed by atoms with Crippen molar-refractivity contribution in [3.05, 3.63) is 164 Å². The minimum Gasteiger partial charge on any atom is -0.489 e. The third kappa shape index (κ3) is 17.4. The second kappa shape index (κ2) is 29.7. The monoisotopic (exact) mass is 1050 g/mol. The molecule has 0 saturated carbocycles. The molecule has 16 nitrogen and oxygen atoms in total. The number of aliphatic hydroxyl groups excluding tert-OH is 4. The number of carbonyl (C=O) groups is 4. The van der Waals surface area contributed by atoms with Gasteiger partial charge in [0, 0.05) is 100 Å². The first-order valence-corrected chi connectivity index (χ1v) is 25.3. The highest BCUT2D eigenvalue weighted by atomic mass is 16.6. The zero-order valence-electron chi connectivity index (χ0n) is 44.3. The van der Waals surface area contributed by atoms with Crippen molar-refractivity contribution in [2.24, 2.45) is 0 Å². The smallest absolute Gasteiger partial charge is 0.333 e. The van der Waals surface area contributed by atoms with Crippen LogP contribution in [-0.2, 0) is 63.8 Å². The highest BCUT2D eigenvalue weighted by Crippen LogP contribution is 2.41. The molecule has 0 radical (unpaired) electrons. The molecule has 76 heavy (non-hydrogen) atoms. The Hall–Kier alpha value is -7.24. The van der Waals surface area contributed by atoms with E-state index in [1.54, 1.807) is 0 Å². The number of carbonyl (C=O) groups excluding carboxylic acids is 4. The summed E-state index contributed by atoms with van der Waals surface area (Å²) >= 11 is 0. The van der Waals surface area contributed by atoms with Crippen molar-refractivity contribution < 1.29 is 77.5 Å². The van der Waals surface area contributed by atoms with Crippen molar-refractivity contribution >= 4 is 23.9 Å². The molecule has 4 N–H and O–H groups in total. The van der Waals surface area contributed by atoms with Gasteiger partial charge in [0.1, 0.15) is 75.9 Å². The lowest BCUT2D eigenvalue weighted by Gasteiger charge is -2.24. The van der Waals surface area contributed by atoms with Crippen LogP contribution in [0.2, 0.25) is 0 Å². The van der Waals surface area contributed by atoms with Crippen LogP contribution < -0.4 is 18.9 Å². The van der Waals surface area contributed by atoms with Gasteiger partial charge in [0.25, 0.3) is 0 Å². The molecular weight excluding hydrogens is 977 g/mol. The molecule has 1 aliphatic rings. The summed E-state index contributed by atoms with van der Waals surface area (Å²) in [7, 11) is 0. The fourth-order valence-corrected chi connectivity index (χ4v) is 8.80. The first-order valence-electron chi connectivity index (χ1n) is 25.3. The van der Waals surface area contributed by atoms with Crippen LogP contribution in [-0.4, -0.2) is 124 Å². The summed E-state index contributed by atoms with van der Waals surface area (Å²) in [6.07, 6.45) is 1.44. The number of esters is 4. The highest BCUT2D eigenvalue weighted by Gasteiger charge is 2.25. The van der Waals surface area contributed by atoms with Crippen LogP contribution >= 0.6 is 0 Å². The van der Waals surface area contributed by atoms with Gasteiger partial charge in [-0.2, -0.15) is 0 Å². The molecule has 0 atom stereocenters. The minimum atomic E-state index is -0.643. The molecule has 0 fully saturated rings. The normalized spacial score (nSPS) is 11.7. The van der Waals surface area contributed by atoms with E-state index in [0.29, 0.717) is 48.7 Å². The second-order valence-electron chi connectivity index (χ2n) is 18.6. The van der Waals surface area contributed by atoms with Crippen molar-refractivity contribution in [2.75, 3.05) is 79.3 Å². The van der Waals surface area contributed by atoms with Crippen LogP contribution in [0.15, 0.2) is 97.1 Å². The fraction of sp³-hybridized carbons (Fsp3) is 0.400. The maximum Gasteiger partial charge on any atom is 0.333 e. The molecule has 1 aliphatic carbocycles. The summed E-state index contributed by atoms with van der Waals surface area (Å²) in [6, 6.07) is 16.2. The SMILES string of the molecule is C=C(CCO)C(=O)OCCOc1c2cc(C)cc1Cc1cc(C)cc(c1OCCOC(=O)C(=C)CCO)Cc1cc(C)cc(c1OCCOC(=O)C(=C)CCO)Cc1cc(C)cc(c1OCCOC(=O)C(=C)CCO)C2. The van der Waals surface area contributed by atoms with Gasteiger partial charge in [-0.25, -0.2) is 19.2 Å². The number of ether oxygens (including phenoxy) is 8. The number of rotatable bonds is 28. The Morgan fingerprint density at radius 3 is 0.671 bits per heavy atom. The van der Waals surface area contributed by atoms with Gasteiger partial charge >= 0.3 is 23.9 Å². The van der Waals surface area contributed by atoms with E-state index in [4.69, 9.17) is 37.9 Å². The summed E-state index contributed by atoms with van der Waals surface area (Å²) in [4.78, 5) is 50.8. The van der Waals surface area contributed by atoms with Gasteiger partial charge in [-0.15, -0.1) is 0 Å². The molecule has 0 aliphatic heterocycles. The van der Waals surface area contributed by atoms with Gasteiger partial charge in [0.15, 0.2) is 0 Å². The Morgan fingerprint density at radius 2 is 0.513 bits per heavy atom. The van der Waals surface area contributed by atoms with E-state index >= 15 is 0 Å².